The quantitative estimate of drug-likeness (QED) is 0.470. The lowest BCUT2D eigenvalue weighted by atomic mass is 10.0. The number of ether oxygens (including phenoxy) is 3. The number of allylic oxidation sites excluding steroid dienone is 1. The normalized spacial score (nSPS) is 15.9. The van der Waals surface area contributed by atoms with E-state index in [0.29, 0.717) is 24.3 Å². The maximum absolute atomic E-state index is 12.9. The first-order valence-electron chi connectivity index (χ1n) is 9.56. The maximum atomic E-state index is 12.9. The second-order valence-corrected chi connectivity index (χ2v) is 7.46. The Labute approximate surface area is 179 Å². The number of hydrogen-bond acceptors (Lipinski definition) is 7. The molecule has 1 aliphatic heterocycles. The molecule has 3 rings (SSSR count). The van der Waals surface area contributed by atoms with Crippen molar-refractivity contribution < 1.29 is 23.8 Å². The van der Waals surface area contributed by atoms with Crippen molar-refractivity contribution in [3.8, 4) is 11.5 Å². The standard InChI is InChI=1S/C22H24N2O5S/c1-4-5-8-22(26)29-14-21(25)24-17(13-16(23-24)20-7-6-11-30-20)15-9-10-18(27-2)19(12-15)28-3/h5-12,17H,4,13-14H2,1-3H3/b8-5+. The molecule has 0 fully saturated rings. The van der Waals surface area contributed by atoms with E-state index in [1.807, 2.05) is 36.6 Å². The van der Waals surface area contributed by atoms with Crippen LogP contribution in [0.5, 0.6) is 11.5 Å². The first-order valence-corrected chi connectivity index (χ1v) is 10.4. The lowest BCUT2D eigenvalue weighted by molar-refractivity contribution is -0.149. The summed E-state index contributed by atoms with van der Waals surface area (Å²) in [5.41, 5.74) is 1.67. The molecule has 1 atom stereocenters. The molecule has 0 bridgehead atoms. The zero-order valence-corrected chi connectivity index (χ0v) is 18.0. The van der Waals surface area contributed by atoms with Gasteiger partial charge in [0.05, 0.1) is 30.9 Å². The van der Waals surface area contributed by atoms with Crippen LogP contribution in [0.25, 0.3) is 0 Å². The van der Waals surface area contributed by atoms with Crippen LogP contribution >= 0.6 is 11.3 Å². The van der Waals surface area contributed by atoms with Gasteiger partial charge in [-0.2, -0.15) is 5.10 Å². The summed E-state index contributed by atoms with van der Waals surface area (Å²) in [5.74, 6) is 0.241. The van der Waals surface area contributed by atoms with Gasteiger partial charge in [-0.25, -0.2) is 9.80 Å². The minimum atomic E-state index is -0.547. The minimum Gasteiger partial charge on any atom is -0.493 e. The number of rotatable bonds is 8. The van der Waals surface area contributed by atoms with E-state index in [-0.39, 0.29) is 18.6 Å². The van der Waals surface area contributed by atoms with Gasteiger partial charge in [0.2, 0.25) is 0 Å². The van der Waals surface area contributed by atoms with Crippen molar-refractivity contribution in [2.24, 2.45) is 5.10 Å². The van der Waals surface area contributed by atoms with Crippen LogP contribution in [0.3, 0.4) is 0 Å². The van der Waals surface area contributed by atoms with Crippen LogP contribution in [0.4, 0.5) is 0 Å². The molecule has 2 aromatic rings. The number of hydrogen-bond donors (Lipinski definition) is 0. The second-order valence-electron chi connectivity index (χ2n) is 6.51. The zero-order chi connectivity index (χ0) is 21.5. The van der Waals surface area contributed by atoms with Crippen LogP contribution in [0.2, 0.25) is 0 Å². The molecule has 1 aromatic heterocycles. The van der Waals surface area contributed by atoms with Gasteiger partial charge in [-0.05, 0) is 35.6 Å². The molecule has 0 aliphatic carbocycles. The smallest absolute Gasteiger partial charge is 0.330 e. The summed E-state index contributed by atoms with van der Waals surface area (Å²) in [7, 11) is 3.14. The predicted octanol–water partition coefficient (Wildman–Crippen LogP) is 3.95. The van der Waals surface area contributed by atoms with E-state index in [9.17, 15) is 9.59 Å². The van der Waals surface area contributed by atoms with Gasteiger partial charge in [-0.15, -0.1) is 11.3 Å². The zero-order valence-electron chi connectivity index (χ0n) is 17.2. The molecule has 1 unspecified atom stereocenters. The van der Waals surface area contributed by atoms with Crippen molar-refractivity contribution in [2.75, 3.05) is 20.8 Å². The SMILES string of the molecule is CC/C=C/C(=O)OCC(=O)N1N=C(c2cccs2)CC1c1ccc(OC)c(OC)c1. The third-order valence-electron chi connectivity index (χ3n) is 4.59. The summed E-state index contributed by atoms with van der Waals surface area (Å²) in [5, 5.41) is 7.92. The number of esters is 1. The first kappa shape index (κ1) is 21.6. The van der Waals surface area contributed by atoms with E-state index in [1.54, 1.807) is 37.7 Å². The molecule has 7 nitrogen and oxygen atoms in total. The summed E-state index contributed by atoms with van der Waals surface area (Å²) in [6.45, 7) is 1.53. The number of thiophene rings is 1. The van der Waals surface area contributed by atoms with Gasteiger partial charge in [-0.1, -0.05) is 25.1 Å². The van der Waals surface area contributed by atoms with Crippen molar-refractivity contribution in [3.63, 3.8) is 0 Å². The van der Waals surface area contributed by atoms with Crippen molar-refractivity contribution >= 4 is 28.9 Å². The Kier molecular flexibility index (Phi) is 7.24. The Bertz CT molecular complexity index is 952. The molecule has 30 heavy (non-hydrogen) atoms. The summed E-state index contributed by atoms with van der Waals surface area (Å²) >= 11 is 1.56. The fraction of sp³-hybridized carbons (Fsp3) is 0.318. The summed E-state index contributed by atoms with van der Waals surface area (Å²) in [4.78, 5) is 25.6. The van der Waals surface area contributed by atoms with Gasteiger partial charge in [0, 0.05) is 12.5 Å². The van der Waals surface area contributed by atoms with Gasteiger partial charge >= 0.3 is 5.97 Å². The number of amides is 1. The molecular weight excluding hydrogens is 404 g/mol. The van der Waals surface area contributed by atoms with E-state index in [1.165, 1.54) is 11.1 Å². The van der Waals surface area contributed by atoms with Crippen molar-refractivity contribution in [1.82, 2.24) is 5.01 Å². The van der Waals surface area contributed by atoms with E-state index < -0.39 is 5.97 Å². The Morgan fingerprint density at radius 2 is 2.03 bits per heavy atom. The molecular formula is C22H24N2O5S. The van der Waals surface area contributed by atoms with Gasteiger partial charge in [0.25, 0.3) is 5.91 Å². The monoisotopic (exact) mass is 428 g/mol. The molecule has 0 spiro atoms. The summed E-state index contributed by atoms with van der Waals surface area (Å²) in [6.07, 6.45) is 4.27. The lowest BCUT2D eigenvalue weighted by Gasteiger charge is -2.22. The first-order chi connectivity index (χ1) is 14.6. The van der Waals surface area contributed by atoms with Crippen LogP contribution < -0.4 is 9.47 Å². The fourth-order valence-electron chi connectivity index (χ4n) is 3.11. The number of nitrogens with zero attached hydrogens (tertiary/aromatic N) is 2. The Balaban J connectivity index is 1.85. The highest BCUT2D eigenvalue weighted by Gasteiger charge is 2.34. The average molecular weight is 429 g/mol. The van der Waals surface area contributed by atoms with Gasteiger partial charge < -0.3 is 14.2 Å². The number of hydrazone groups is 1. The lowest BCUT2D eigenvalue weighted by Crippen LogP contribution is -2.31. The topological polar surface area (TPSA) is 77.4 Å². The van der Waals surface area contributed by atoms with Crippen molar-refractivity contribution in [1.29, 1.82) is 0 Å². The van der Waals surface area contributed by atoms with E-state index in [2.05, 4.69) is 5.10 Å². The van der Waals surface area contributed by atoms with Crippen LogP contribution in [-0.4, -0.2) is 43.4 Å². The highest BCUT2D eigenvalue weighted by Crippen LogP contribution is 2.37. The van der Waals surface area contributed by atoms with Crippen molar-refractivity contribution in [3.05, 3.63) is 58.3 Å². The van der Waals surface area contributed by atoms with Crippen molar-refractivity contribution in [2.45, 2.75) is 25.8 Å². The Hall–Kier alpha value is -3.13. The Morgan fingerprint density at radius 1 is 1.23 bits per heavy atom. The molecule has 1 aromatic carbocycles. The molecule has 158 valence electrons. The third kappa shape index (κ3) is 4.88. The van der Waals surface area contributed by atoms with Gasteiger partial charge in [0.1, 0.15) is 0 Å². The predicted molar refractivity (Wildman–Crippen MR) is 115 cm³/mol. The second kappa shape index (κ2) is 10.1. The highest BCUT2D eigenvalue weighted by molar-refractivity contribution is 7.12. The van der Waals surface area contributed by atoms with Crippen LogP contribution in [0.15, 0.2) is 53.0 Å². The summed E-state index contributed by atoms with van der Waals surface area (Å²) in [6, 6.07) is 9.11. The highest BCUT2D eigenvalue weighted by atomic mass is 32.1. The minimum absolute atomic E-state index is 0.334. The van der Waals surface area contributed by atoms with Crippen LogP contribution in [0, 0.1) is 0 Å². The van der Waals surface area contributed by atoms with E-state index in [0.717, 1.165) is 16.2 Å². The van der Waals surface area contributed by atoms with Crippen LogP contribution in [0.1, 0.15) is 36.2 Å². The number of benzene rings is 1. The van der Waals surface area contributed by atoms with E-state index >= 15 is 0 Å². The fourth-order valence-corrected chi connectivity index (χ4v) is 3.83. The maximum Gasteiger partial charge on any atom is 0.330 e. The van der Waals surface area contributed by atoms with E-state index in [4.69, 9.17) is 14.2 Å². The third-order valence-corrected chi connectivity index (χ3v) is 5.51. The molecule has 2 heterocycles. The molecule has 0 radical (unpaired) electrons. The Morgan fingerprint density at radius 3 is 2.70 bits per heavy atom. The van der Waals surface area contributed by atoms with Gasteiger partial charge in [0.15, 0.2) is 18.1 Å². The molecule has 0 saturated carbocycles. The number of carbonyl (C=O) groups is 2. The largest absolute Gasteiger partial charge is 0.493 e. The van der Waals surface area contributed by atoms with Gasteiger partial charge in [-0.3, -0.25) is 4.79 Å². The average Bonchev–Trinajstić information content (AvgIpc) is 3.45. The molecule has 0 N–H and O–H groups in total. The summed E-state index contributed by atoms with van der Waals surface area (Å²) < 4.78 is 15.8. The number of carbonyl (C=O) groups excluding carboxylic acids is 2. The molecule has 1 aliphatic rings. The molecule has 1 amide bonds. The molecule has 8 heteroatoms. The molecule has 0 saturated heterocycles. The number of methoxy groups -OCH3 is 2. The van der Waals surface area contributed by atoms with Crippen LogP contribution in [-0.2, 0) is 14.3 Å².